The molecule has 0 saturated carbocycles. The number of nitrogens with zero attached hydrogens (tertiary/aromatic N) is 2. The van der Waals surface area contributed by atoms with E-state index in [1.165, 1.54) is 11.3 Å². The Morgan fingerprint density at radius 3 is 2.44 bits per heavy atom. The van der Waals surface area contributed by atoms with Crippen LogP contribution in [0.3, 0.4) is 0 Å². The molecule has 2 aromatic carbocycles. The van der Waals surface area contributed by atoms with Gasteiger partial charge in [0, 0.05) is 4.90 Å². The maximum absolute atomic E-state index is 12.6. The van der Waals surface area contributed by atoms with Crippen LogP contribution in [-0.2, 0) is 0 Å². The van der Waals surface area contributed by atoms with Gasteiger partial charge in [0.15, 0.2) is 9.47 Å². The van der Waals surface area contributed by atoms with Gasteiger partial charge in [0.05, 0.1) is 26.0 Å². The summed E-state index contributed by atoms with van der Waals surface area (Å²) >= 11 is 6.37. The standard InChI is InChI=1S/C17H13N3OS4/c1-22-12-6-4-3-5-9(12)15(21)20-16-18-10-7-8-11-14(13(10)24-16)25-17(19-11)23-2/h3-8H,1-2H3,(H,18,20,21). The zero-order valence-corrected chi connectivity index (χ0v) is 16.7. The number of aromatic nitrogens is 2. The van der Waals surface area contributed by atoms with Crippen LogP contribution in [0.25, 0.3) is 20.4 Å². The fourth-order valence-corrected chi connectivity index (χ4v) is 5.74. The molecule has 4 nitrogen and oxygen atoms in total. The highest BCUT2D eigenvalue weighted by Crippen LogP contribution is 2.38. The van der Waals surface area contributed by atoms with E-state index in [1.54, 1.807) is 34.9 Å². The van der Waals surface area contributed by atoms with E-state index in [4.69, 9.17) is 0 Å². The van der Waals surface area contributed by atoms with E-state index in [0.29, 0.717) is 10.7 Å². The second-order valence-corrected chi connectivity index (χ2v) is 9.02. The highest BCUT2D eigenvalue weighted by molar-refractivity contribution is 8.00. The summed E-state index contributed by atoms with van der Waals surface area (Å²) in [5.41, 5.74) is 2.54. The zero-order valence-electron chi connectivity index (χ0n) is 13.4. The van der Waals surface area contributed by atoms with Crippen molar-refractivity contribution in [2.45, 2.75) is 9.24 Å². The van der Waals surface area contributed by atoms with Crippen LogP contribution in [0.1, 0.15) is 10.4 Å². The van der Waals surface area contributed by atoms with E-state index in [-0.39, 0.29) is 5.91 Å². The topological polar surface area (TPSA) is 54.9 Å². The third-order valence-electron chi connectivity index (χ3n) is 3.64. The number of carbonyl (C=O) groups is 1. The summed E-state index contributed by atoms with van der Waals surface area (Å²) < 4.78 is 3.24. The van der Waals surface area contributed by atoms with Crippen molar-refractivity contribution in [1.29, 1.82) is 0 Å². The van der Waals surface area contributed by atoms with Crippen LogP contribution in [0.2, 0.25) is 0 Å². The molecule has 0 spiro atoms. The van der Waals surface area contributed by atoms with E-state index < -0.39 is 0 Å². The minimum absolute atomic E-state index is 0.130. The lowest BCUT2D eigenvalue weighted by molar-refractivity contribution is 0.102. The molecule has 0 atom stereocenters. The Bertz CT molecular complexity index is 1090. The summed E-state index contributed by atoms with van der Waals surface area (Å²) in [4.78, 5) is 22.7. The molecule has 0 saturated heterocycles. The molecule has 0 unspecified atom stereocenters. The number of thioether (sulfide) groups is 2. The minimum Gasteiger partial charge on any atom is -0.298 e. The minimum atomic E-state index is -0.130. The summed E-state index contributed by atoms with van der Waals surface area (Å²) in [7, 11) is 0. The Labute approximate surface area is 161 Å². The van der Waals surface area contributed by atoms with Gasteiger partial charge in [-0.25, -0.2) is 9.97 Å². The van der Waals surface area contributed by atoms with Gasteiger partial charge in [0.1, 0.15) is 0 Å². The number of anilines is 1. The SMILES string of the molecule is CSc1nc2ccc3nc(NC(=O)c4ccccc4SC)sc3c2s1. The highest BCUT2D eigenvalue weighted by atomic mass is 32.2. The summed E-state index contributed by atoms with van der Waals surface area (Å²) in [6, 6.07) is 11.5. The molecular weight excluding hydrogens is 390 g/mol. The molecule has 2 heterocycles. The number of amides is 1. The van der Waals surface area contributed by atoms with E-state index in [0.717, 1.165) is 29.7 Å². The lowest BCUT2D eigenvalue weighted by Gasteiger charge is -2.05. The number of hydrogen-bond donors (Lipinski definition) is 1. The van der Waals surface area contributed by atoms with E-state index >= 15 is 0 Å². The van der Waals surface area contributed by atoms with Gasteiger partial charge in [-0.1, -0.05) is 35.2 Å². The predicted molar refractivity (Wildman–Crippen MR) is 111 cm³/mol. The van der Waals surface area contributed by atoms with Crippen LogP contribution in [0.4, 0.5) is 5.13 Å². The Morgan fingerprint density at radius 1 is 0.960 bits per heavy atom. The van der Waals surface area contributed by atoms with Crippen molar-refractivity contribution >= 4 is 77.7 Å². The quantitative estimate of drug-likeness (QED) is 0.449. The number of fused-ring (bicyclic) bond motifs is 3. The van der Waals surface area contributed by atoms with Gasteiger partial charge in [-0.15, -0.1) is 23.1 Å². The second-order valence-electron chi connectivity index (χ2n) is 5.12. The number of benzene rings is 2. The summed E-state index contributed by atoms with van der Waals surface area (Å²) in [5.74, 6) is -0.130. The zero-order chi connectivity index (χ0) is 17.4. The van der Waals surface area contributed by atoms with Crippen molar-refractivity contribution in [3.8, 4) is 0 Å². The highest BCUT2D eigenvalue weighted by Gasteiger charge is 2.15. The maximum atomic E-state index is 12.6. The molecule has 0 radical (unpaired) electrons. The lowest BCUT2D eigenvalue weighted by Crippen LogP contribution is -2.12. The lowest BCUT2D eigenvalue weighted by atomic mass is 10.2. The van der Waals surface area contributed by atoms with Crippen molar-refractivity contribution in [2.75, 3.05) is 17.8 Å². The smallest absolute Gasteiger partial charge is 0.258 e. The first kappa shape index (κ1) is 16.8. The van der Waals surface area contributed by atoms with Gasteiger partial charge in [-0.2, -0.15) is 0 Å². The van der Waals surface area contributed by atoms with E-state index in [2.05, 4.69) is 15.3 Å². The van der Waals surface area contributed by atoms with Gasteiger partial charge in [-0.05, 0) is 36.8 Å². The van der Waals surface area contributed by atoms with Crippen LogP contribution < -0.4 is 5.32 Å². The van der Waals surface area contributed by atoms with Crippen LogP contribution in [-0.4, -0.2) is 28.4 Å². The van der Waals surface area contributed by atoms with Crippen LogP contribution in [0, 0.1) is 0 Å². The van der Waals surface area contributed by atoms with Crippen LogP contribution in [0.15, 0.2) is 45.6 Å². The number of hydrogen-bond acceptors (Lipinski definition) is 7. The molecule has 0 aliphatic carbocycles. The Hall–Kier alpha value is -1.61. The summed E-state index contributed by atoms with van der Waals surface area (Å²) in [6.07, 6.45) is 3.99. The average molecular weight is 404 g/mol. The number of nitrogens with one attached hydrogen (secondary N) is 1. The largest absolute Gasteiger partial charge is 0.298 e. The Kier molecular flexibility index (Phi) is 4.68. The van der Waals surface area contributed by atoms with Crippen molar-refractivity contribution in [3.63, 3.8) is 0 Å². The molecule has 0 aliphatic rings. The second kappa shape index (κ2) is 6.95. The number of rotatable bonds is 4. The molecule has 1 N–H and O–H groups in total. The fraction of sp³-hybridized carbons (Fsp3) is 0.118. The maximum Gasteiger partial charge on any atom is 0.258 e. The van der Waals surface area contributed by atoms with Crippen molar-refractivity contribution in [3.05, 3.63) is 42.0 Å². The molecule has 1 amide bonds. The molecule has 4 aromatic rings. The molecule has 4 rings (SSSR count). The molecule has 0 bridgehead atoms. The third kappa shape index (κ3) is 3.15. The van der Waals surface area contributed by atoms with E-state index in [9.17, 15) is 4.79 Å². The first-order chi connectivity index (χ1) is 12.2. The van der Waals surface area contributed by atoms with Crippen molar-refractivity contribution in [1.82, 2.24) is 9.97 Å². The Morgan fingerprint density at radius 2 is 1.68 bits per heavy atom. The summed E-state index contributed by atoms with van der Waals surface area (Å²) in [6.45, 7) is 0. The van der Waals surface area contributed by atoms with Crippen molar-refractivity contribution < 1.29 is 4.79 Å². The molecule has 8 heteroatoms. The van der Waals surface area contributed by atoms with Crippen LogP contribution in [0.5, 0.6) is 0 Å². The molecule has 0 aliphatic heterocycles. The normalized spacial score (nSPS) is 11.3. The predicted octanol–water partition coefficient (Wildman–Crippen LogP) is 5.60. The Balaban J connectivity index is 1.71. The van der Waals surface area contributed by atoms with Gasteiger partial charge in [0.25, 0.3) is 5.91 Å². The van der Waals surface area contributed by atoms with Crippen molar-refractivity contribution in [2.24, 2.45) is 0 Å². The monoisotopic (exact) mass is 403 g/mol. The van der Waals surface area contributed by atoms with Crippen LogP contribution >= 0.6 is 46.2 Å². The van der Waals surface area contributed by atoms with Gasteiger partial charge < -0.3 is 0 Å². The molecule has 126 valence electrons. The average Bonchev–Trinajstić information content (AvgIpc) is 3.24. The first-order valence-electron chi connectivity index (χ1n) is 7.38. The molecular formula is C17H13N3OS4. The number of thiazole rings is 2. The molecule has 25 heavy (non-hydrogen) atoms. The van der Waals surface area contributed by atoms with E-state index in [1.807, 2.05) is 48.9 Å². The third-order valence-corrected chi connectivity index (χ3v) is 7.64. The molecule has 0 fully saturated rings. The first-order valence-corrected chi connectivity index (χ1v) is 11.5. The molecule has 2 aromatic heterocycles. The summed E-state index contributed by atoms with van der Waals surface area (Å²) in [5, 5.41) is 3.56. The van der Waals surface area contributed by atoms with Gasteiger partial charge in [-0.3, -0.25) is 10.1 Å². The number of carbonyl (C=O) groups excluding carboxylic acids is 1. The fourth-order valence-electron chi connectivity index (χ4n) is 2.49. The van der Waals surface area contributed by atoms with Gasteiger partial charge in [0.2, 0.25) is 0 Å². The van der Waals surface area contributed by atoms with Gasteiger partial charge >= 0.3 is 0 Å².